The average molecular weight is 473 g/mol. The number of hydrogen-bond acceptors (Lipinski definition) is 6. The van der Waals surface area contributed by atoms with Crippen LogP contribution in [0.1, 0.15) is 26.3 Å². The molecule has 0 bridgehead atoms. The van der Waals surface area contributed by atoms with Gasteiger partial charge in [0.2, 0.25) is 5.91 Å². The summed E-state index contributed by atoms with van der Waals surface area (Å²) in [7, 11) is 0. The predicted molar refractivity (Wildman–Crippen MR) is 138 cm³/mol. The maximum absolute atomic E-state index is 12.9. The van der Waals surface area contributed by atoms with Crippen LogP contribution in [0.25, 0.3) is 11.4 Å². The van der Waals surface area contributed by atoms with Crippen molar-refractivity contribution in [2.75, 3.05) is 10.6 Å². The average Bonchev–Trinajstić information content (AvgIpc) is 3.26. The molecule has 0 radical (unpaired) electrons. The SMILES string of the molecule is CCn1c(SC(C)(C)C(=O)Nc2ccccc2)nnc1-c1ccc(NCc2ccccc2)nc1. The summed E-state index contributed by atoms with van der Waals surface area (Å²) >= 11 is 1.39. The molecular weight excluding hydrogens is 444 g/mol. The molecule has 2 heterocycles. The number of amides is 1. The lowest BCUT2D eigenvalue weighted by Crippen LogP contribution is -2.34. The van der Waals surface area contributed by atoms with Crippen molar-refractivity contribution in [2.45, 2.75) is 43.8 Å². The number of aromatic nitrogens is 4. The second kappa shape index (κ2) is 10.5. The standard InChI is InChI=1S/C26H28N6OS/c1-4-32-23(20-15-16-22(28-18-20)27-17-19-11-7-5-8-12-19)30-31-25(32)34-26(2,3)24(33)29-21-13-9-6-10-14-21/h5-16,18H,4,17H2,1-3H3,(H,27,28)(H,29,33). The minimum atomic E-state index is -0.740. The molecule has 0 aliphatic carbocycles. The second-order valence-electron chi connectivity index (χ2n) is 8.25. The summed E-state index contributed by atoms with van der Waals surface area (Å²) in [5, 5.41) is 15.8. The zero-order chi connectivity index (χ0) is 24.0. The van der Waals surface area contributed by atoms with Crippen LogP contribution in [0.2, 0.25) is 0 Å². The number of para-hydroxylation sites is 1. The lowest BCUT2D eigenvalue weighted by Gasteiger charge is -2.22. The van der Waals surface area contributed by atoms with Gasteiger partial charge in [0.05, 0.1) is 4.75 Å². The highest BCUT2D eigenvalue weighted by Gasteiger charge is 2.32. The maximum Gasteiger partial charge on any atom is 0.240 e. The first-order valence-corrected chi connectivity index (χ1v) is 12.0. The number of rotatable bonds is 9. The normalized spacial score (nSPS) is 11.3. The Morgan fingerprint density at radius 3 is 2.32 bits per heavy atom. The van der Waals surface area contributed by atoms with E-state index in [0.29, 0.717) is 18.2 Å². The van der Waals surface area contributed by atoms with Crippen molar-refractivity contribution in [1.29, 1.82) is 0 Å². The van der Waals surface area contributed by atoms with Crippen molar-refractivity contribution < 1.29 is 4.79 Å². The molecule has 2 aromatic carbocycles. The van der Waals surface area contributed by atoms with E-state index in [0.717, 1.165) is 22.9 Å². The van der Waals surface area contributed by atoms with Gasteiger partial charge in [-0.3, -0.25) is 4.79 Å². The number of nitrogens with zero attached hydrogens (tertiary/aromatic N) is 4. The van der Waals surface area contributed by atoms with E-state index < -0.39 is 4.75 Å². The van der Waals surface area contributed by atoms with E-state index in [4.69, 9.17) is 0 Å². The van der Waals surface area contributed by atoms with Crippen LogP contribution in [0.5, 0.6) is 0 Å². The third-order valence-corrected chi connectivity index (χ3v) is 6.48. The molecule has 2 aromatic heterocycles. The molecule has 1 amide bonds. The Balaban J connectivity index is 1.45. The smallest absolute Gasteiger partial charge is 0.240 e. The van der Waals surface area contributed by atoms with Crippen molar-refractivity contribution in [3.05, 3.63) is 84.6 Å². The Kier molecular flexibility index (Phi) is 7.27. The molecule has 4 aromatic rings. The fourth-order valence-corrected chi connectivity index (χ4v) is 4.37. The van der Waals surface area contributed by atoms with Gasteiger partial charge in [-0.1, -0.05) is 60.3 Å². The predicted octanol–water partition coefficient (Wildman–Crippen LogP) is 5.48. The molecule has 0 fully saturated rings. The molecule has 4 rings (SSSR count). The van der Waals surface area contributed by atoms with Crippen molar-refractivity contribution >= 4 is 29.2 Å². The fourth-order valence-electron chi connectivity index (χ4n) is 3.36. The van der Waals surface area contributed by atoms with Gasteiger partial charge in [0.15, 0.2) is 11.0 Å². The molecule has 0 saturated heterocycles. The first-order chi connectivity index (χ1) is 16.5. The Labute approximate surface area is 204 Å². The van der Waals surface area contributed by atoms with Crippen LogP contribution in [0.3, 0.4) is 0 Å². The van der Waals surface area contributed by atoms with Crippen molar-refractivity contribution in [3.63, 3.8) is 0 Å². The zero-order valence-electron chi connectivity index (χ0n) is 19.5. The first kappa shape index (κ1) is 23.5. The van der Waals surface area contributed by atoms with Crippen LogP contribution in [-0.2, 0) is 17.9 Å². The lowest BCUT2D eigenvalue weighted by molar-refractivity contribution is -0.117. The molecule has 174 valence electrons. The Bertz CT molecular complexity index is 1220. The van der Waals surface area contributed by atoms with E-state index in [2.05, 4.69) is 37.9 Å². The summed E-state index contributed by atoms with van der Waals surface area (Å²) < 4.78 is 1.27. The van der Waals surface area contributed by atoms with E-state index in [1.807, 2.05) is 86.0 Å². The number of pyridine rings is 1. The fraction of sp³-hybridized carbons (Fsp3) is 0.231. The largest absolute Gasteiger partial charge is 0.366 e. The van der Waals surface area contributed by atoms with E-state index >= 15 is 0 Å². The molecule has 8 heteroatoms. The van der Waals surface area contributed by atoms with Crippen LogP contribution in [0.4, 0.5) is 11.5 Å². The zero-order valence-corrected chi connectivity index (χ0v) is 20.3. The quantitative estimate of drug-likeness (QED) is 0.314. The Hall–Kier alpha value is -3.65. The van der Waals surface area contributed by atoms with E-state index in [1.165, 1.54) is 17.3 Å². The molecule has 7 nitrogen and oxygen atoms in total. The van der Waals surface area contributed by atoms with Gasteiger partial charge in [0.25, 0.3) is 0 Å². The van der Waals surface area contributed by atoms with Gasteiger partial charge in [-0.05, 0) is 50.6 Å². The minimum absolute atomic E-state index is 0.0913. The molecule has 0 saturated carbocycles. The van der Waals surface area contributed by atoms with Crippen molar-refractivity contribution in [1.82, 2.24) is 19.7 Å². The molecular formula is C26H28N6OS. The highest BCUT2D eigenvalue weighted by atomic mass is 32.2. The molecule has 34 heavy (non-hydrogen) atoms. The minimum Gasteiger partial charge on any atom is -0.366 e. The van der Waals surface area contributed by atoms with Crippen LogP contribution in [0.15, 0.2) is 84.1 Å². The summed E-state index contributed by atoms with van der Waals surface area (Å²) in [6.07, 6.45) is 1.80. The number of benzene rings is 2. The maximum atomic E-state index is 12.9. The molecule has 0 aliphatic heterocycles. The third-order valence-electron chi connectivity index (χ3n) is 5.30. The van der Waals surface area contributed by atoms with Gasteiger partial charge >= 0.3 is 0 Å². The molecule has 0 atom stereocenters. The number of anilines is 2. The molecule has 2 N–H and O–H groups in total. The van der Waals surface area contributed by atoms with Crippen LogP contribution < -0.4 is 10.6 Å². The summed E-state index contributed by atoms with van der Waals surface area (Å²) in [6, 6.07) is 23.6. The summed E-state index contributed by atoms with van der Waals surface area (Å²) in [5.41, 5.74) is 2.84. The molecule has 0 aliphatic rings. The Morgan fingerprint density at radius 2 is 1.68 bits per heavy atom. The van der Waals surface area contributed by atoms with Crippen molar-refractivity contribution in [3.8, 4) is 11.4 Å². The number of nitrogens with one attached hydrogen (secondary N) is 2. The highest BCUT2D eigenvalue weighted by Crippen LogP contribution is 2.34. The van der Waals surface area contributed by atoms with E-state index in [-0.39, 0.29) is 5.91 Å². The number of thioether (sulfide) groups is 1. The molecule has 0 spiro atoms. The van der Waals surface area contributed by atoms with Crippen LogP contribution >= 0.6 is 11.8 Å². The monoisotopic (exact) mass is 472 g/mol. The van der Waals surface area contributed by atoms with Gasteiger partial charge in [-0.2, -0.15) is 0 Å². The van der Waals surface area contributed by atoms with Gasteiger partial charge < -0.3 is 15.2 Å². The van der Waals surface area contributed by atoms with Gasteiger partial charge in [0, 0.05) is 30.5 Å². The van der Waals surface area contributed by atoms with E-state index in [9.17, 15) is 4.79 Å². The summed E-state index contributed by atoms with van der Waals surface area (Å²) in [5.74, 6) is 1.43. The topological polar surface area (TPSA) is 84.7 Å². The van der Waals surface area contributed by atoms with Crippen molar-refractivity contribution in [2.24, 2.45) is 0 Å². The lowest BCUT2D eigenvalue weighted by atomic mass is 10.2. The Morgan fingerprint density at radius 1 is 0.971 bits per heavy atom. The number of carbonyl (C=O) groups is 1. The summed E-state index contributed by atoms with van der Waals surface area (Å²) in [6.45, 7) is 7.20. The highest BCUT2D eigenvalue weighted by molar-refractivity contribution is 8.01. The van der Waals surface area contributed by atoms with Gasteiger partial charge in [-0.25, -0.2) is 4.98 Å². The van der Waals surface area contributed by atoms with Crippen LogP contribution in [-0.4, -0.2) is 30.4 Å². The van der Waals surface area contributed by atoms with Crippen LogP contribution in [0, 0.1) is 0 Å². The van der Waals surface area contributed by atoms with Gasteiger partial charge in [0.1, 0.15) is 5.82 Å². The third kappa shape index (κ3) is 5.63. The number of carbonyl (C=O) groups excluding carboxylic acids is 1. The number of hydrogen-bond donors (Lipinski definition) is 2. The van der Waals surface area contributed by atoms with E-state index in [1.54, 1.807) is 6.20 Å². The van der Waals surface area contributed by atoms with Gasteiger partial charge in [-0.15, -0.1) is 10.2 Å². The first-order valence-electron chi connectivity index (χ1n) is 11.2. The second-order valence-corrected chi connectivity index (χ2v) is 9.84. The summed E-state index contributed by atoms with van der Waals surface area (Å²) in [4.78, 5) is 17.5. The molecule has 0 unspecified atom stereocenters.